The van der Waals surface area contributed by atoms with E-state index in [4.69, 9.17) is 4.74 Å². The van der Waals surface area contributed by atoms with Gasteiger partial charge in [0.1, 0.15) is 5.75 Å². The summed E-state index contributed by atoms with van der Waals surface area (Å²) in [7, 11) is 1.61. The first-order chi connectivity index (χ1) is 14.4. The summed E-state index contributed by atoms with van der Waals surface area (Å²) in [6, 6.07) is 17.9. The molecule has 5 nitrogen and oxygen atoms in total. The normalized spacial score (nSPS) is 10.8. The Hall–Kier alpha value is -3.86. The van der Waals surface area contributed by atoms with Gasteiger partial charge in [0.05, 0.1) is 18.4 Å². The molecule has 0 saturated carbocycles. The Balaban J connectivity index is 1.91. The van der Waals surface area contributed by atoms with Gasteiger partial charge in [0, 0.05) is 5.56 Å². The van der Waals surface area contributed by atoms with Gasteiger partial charge in [-0.3, -0.25) is 4.79 Å². The number of nitrogens with one attached hydrogen (secondary N) is 1. The number of carbonyl (C=O) groups excluding carboxylic acids is 1. The third kappa shape index (κ3) is 4.75. The standard InChI is InChI=1S/C25H23NO4/c1-16-6-4-9-21(17(16)2)24(27)26-23-15-19(12-13-22(23)25(28)29)11-10-18-7-5-8-20(14-18)30-3/h4-15H,1-3H3,(H,26,27)(H,28,29)/b11-10+. The quantitative estimate of drug-likeness (QED) is 0.540. The summed E-state index contributed by atoms with van der Waals surface area (Å²) in [4.78, 5) is 24.4. The smallest absolute Gasteiger partial charge is 0.337 e. The van der Waals surface area contributed by atoms with Crippen LogP contribution in [0.3, 0.4) is 0 Å². The van der Waals surface area contributed by atoms with E-state index in [-0.39, 0.29) is 17.2 Å². The van der Waals surface area contributed by atoms with E-state index in [1.165, 1.54) is 6.07 Å². The Kier molecular flexibility index (Phi) is 6.32. The monoisotopic (exact) mass is 401 g/mol. The number of hydrogen-bond donors (Lipinski definition) is 2. The number of carboxylic acids is 1. The minimum atomic E-state index is -1.10. The Morgan fingerprint density at radius 2 is 1.60 bits per heavy atom. The van der Waals surface area contributed by atoms with Crippen LogP contribution >= 0.6 is 0 Å². The molecule has 0 bridgehead atoms. The summed E-state index contributed by atoms with van der Waals surface area (Å²) < 4.78 is 5.23. The van der Waals surface area contributed by atoms with E-state index >= 15 is 0 Å². The lowest BCUT2D eigenvalue weighted by molar-refractivity contribution is 0.0698. The molecule has 3 aromatic rings. The van der Waals surface area contributed by atoms with Crippen LogP contribution in [-0.2, 0) is 0 Å². The van der Waals surface area contributed by atoms with Gasteiger partial charge in [-0.2, -0.15) is 0 Å². The molecule has 3 aromatic carbocycles. The zero-order valence-electron chi connectivity index (χ0n) is 17.1. The third-order valence-corrected chi connectivity index (χ3v) is 4.93. The molecule has 0 aliphatic heterocycles. The van der Waals surface area contributed by atoms with Crippen LogP contribution in [0.1, 0.15) is 43.0 Å². The van der Waals surface area contributed by atoms with E-state index in [9.17, 15) is 14.7 Å². The zero-order valence-corrected chi connectivity index (χ0v) is 17.1. The van der Waals surface area contributed by atoms with Crippen molar-refractivity contribution in [1.82, 2.24) is 0 Å². The van der Waals surface area contributed by atoms with Gasteiger partial charge in [-0.05, 0) is 66.4 Å². The van der Waals surface area contributed by atoms with Crippen molar-refractivity contribution in [3.8, 4) is 5.75 Å². The van der Waals surface area contributed by atoms with E-state index in [0.717, 1.165) is 28.0 Å². The van der Waals surface area contributed by atoms with Gasteiger partial charge < -0.3 is 15.2 Å². The van der Waals surface area contributed by atoms with Crippen LogP contribution in [0.25, 0.3) is 12.2 Å². The van der Waals surface area contributed by atoms with Crippen molar-refractivity contribution in [2.75, 3.05) is 12.4 Å². The first-order valence-corrected chi connectivity index (χ1v) is 9.46. The molecule has 0 heterocycles. The molecule has 3 rings (SSSR count). The molecule has 1 amide bonds. The minimum absolute atomic E-state index is 0.0344. The van der Waals surface area contributed by atoms with Crippen molar-refractivity contribution in [1.29, 1.82) is 0 Å². The molecule has 0 atom stereocenters. The van der Waals surface area contributed by atoms with Gasteiger partial charge in [-0.25, -0.2) is 4.79 Å². The zero-order chi connectivity index (χ0) is 21.7. The Morgan fingerprint density at radius 1 is 0.900 bits per heavy atom. The number of anilines is 1. The third-order valence-electron chi connectivity index (χ3n) is 4.93. The lowest BCUT2D eigenvalue weighted by atomic mass is 10.0. The molecule has 0 radical (unpaired) electrons. The van der Waals surface area contributed by atoms with Crippen molar-refractivity contribution < 1.29 is 19.4 Å². The van der Waals surface area contributed by atoms with Crippen LogP contribution < -0.4 is 10.1 Å². The van der Waals surface area contributed by atoms with E-state index in [1.807, 2.05) is 62.4 Å². The van der Waals surface area contributed by atoms with E-state index in [2.05, 4.69) is 5.32 Å². The summed E-state index contributed by atoms with van der Waals surface area (Å²) in [5.74, 6) is -0.693. The highest BCUT2D eigenvalue weighted by molar-refractivity contribution is 6.08. The minimum Gasteiger partial charge on any atom is -0.497 e. The molecule has 0 aliphatic carbocycles. The van der Waals surface area contributed by atoms with Gasteiger partial charge in [0.25, 0.3) is 5.91 Å². The lowest BCUT2D eigenvalue weighted by Gasteiger charge is -2.12. The molecule has 0 unspecified atom stereocenters. The van der Waals surface area contributed by atoms with E-state index in [0.29, 0.717) is 5.56 Å². The fourth-order valence-electron chi connectivity index (χ4n) is 3.08. The van der Waals surface area contributed by atoms with Gasteiger partial charge in [-0.15, -0.1) is 0 Å². The highest BCUT2D eigenvalue weighted by Gasteiger charge is 2.16. The number of rotatable bonds is 6. The predicted octanol–water partition coefficient (Wildman–Crippen LogP) is 5.43. The van der Waals surface area contributed by atoms with Crippen LogP contribution in [0.2, 0.25) is 0 Å². The molecule has 0 saturated heterocycles. The highest BCUT2D eigenvalue weighted by atomic mass is 16.5. The number of carboxylic acid groups (broad SMARTS) is 1. The summed E-state index contributed by atoms with van der Waals surface area (Å²) >= 11 is 0. The number of methoxy groups -OCH3 is 1. The Labute approximate surface area is 175 Å². The summed E-state index contributed by atoms with van der Waals surface area (Å²) in [6.45, 7) is 3.80. The number of ether oxygens (including phenoxy) is 1. The molecule has 152 valence electrons. The van der Waals surface area contributed by atoms with Crippen LogP contribution in [0, 0.1) is 13.8 Å². The van der Waals surface area contributed by atoms with Crippen LogP contribution in [-0.4, -0.2) is 24.1 Å². The first kappa shape index (κ1) is 20.9. The molecule has 0 fully saturated rings. The summed E-state index contributed by atoms with van der Waals surface area (Å²) in [5.41, 5.74) is 4.37. The van der Waals surface area contributed by atoms with Crippen molar-refractivity contribution in [2.24, 2.45) is 0 Å². The maximum Gasteiger partial charge on any atom is 0.337 e. The van der Waals surface area contributed by atoms with Crippen LogP contribution in [0.15, 0.2) is 60.7 Å². The maximum absolute atomic E-state index is 12.8. The van der Waals surface area contributed by atoms with Crippen LogP contribution in [0.4, 0.5) is 5.69 Å². The van der Waals surface area contributed by atoms with Crippen molar-refractivity contribution in [3.63, 3.8) is 0 Å². The Bertz CT molecular complexity index is 1130. The van der Waals surface area contributed by atoms with Crippen molar-refractivity contribution >= 4 is 29.7 Å². The molecule has 2 N–H and O–H groups in total. The van der Waals surface area contributed by atoms with Crippen molar-refractivity contribution in [3.05, 3.63) is 94.0 Å². The summed E-state index contributed by atoms with van der Waals surface area (Å²) in [6.07, 6.45) is 3.75. The number of carbonyl (C=O) groups is 2. The molecule has 30 heavy (non-hydrogen) atoms. The van der Waals surface area contributed by atoms with Gasteiger partial charge in [0.15, 0.2) is 0 Å². The number of aryl methyl sites for hydroxylation is 1. The second-order valence-corrected chi connectivity index (χ2v) is 6.92. The van der Waals surface area contributed by atoms with E-state index in [1.54, 1.807) is 25.3 Å². The van der Waals surface area contributed by atoms with Crippen LogP contribution in [0.5, 0.6) is 5.75 Å². The average Bonchev–Trinajstić information content (AvgIpc) is 2.74. The van der Waals surface area contributed by atoms with Gasteiger partial charge >= 0.3 is 5.97 Å². The van der Waals surface area contributed by atoms with Crippen molar-refractivity contribution in [2.45, 2.75) is 13.8 Å². The first-order valence-electron chi connectivity index (χ1n) is 9.46. The molecule has 5 heteroatoms. The number of hydrogen-bond acceptors (Lipinski definition) is 3. The molecule has 0 aromatic heterocycles. The second-order valence-electron chi connectivity index (χ2n) is 6.92. The predicted molar refractivity (Wildman–Crippen MR) is 119 cm³/mol. The number of aromatic carboxylic acids is 1. The van der Waals surface area contributed by atoms with Gasteiger partial charge in [0.2, 0.25) is 0 Å². The fourth-order valence-corrected chi connectivity index (χ4v) is 3.08. The Morgan fingerprint density at radius 3 is 2.30 bits per heavy atom. The highest BCUT2D eigenvalue weighted by Crippen LogP contribution is 2.22. The fraction of sp³-hybridized carbons (Fsp3) is 0.120. The molecular weight excluding hydrogens is 378 g/mol. The van der Waals surface area contributed by atoms with E-state index < -0.39 is 5.97 Å². The average molecular weight is 401 g/mol. The summed E-state index contributed by atoms with van der Waals surface area (Å²) in [5, 5.41) is 12.3. The van der Waals surface area contributed by atoms with Gasteiger partial charge in [-0.1, -0.05) is 42.5 Å². The number of amides is 1. The maximum atomic E-state index is 12.8. The largest absolute Gasteiger partial charge is 0.497 e. The molecule has 0 spiro atoms. The second kappa shape index (κ2) is 9.09. The molecule has 0 aliphatic rings. The molecular formula is C25H23NO4. The number of benzene rings is 3. The lowest BCUT2D eigenvalue weighted by Crippen LogP contribution is -2.16. The SMILES string of the molecule is COc1cccc(/C=C/c2ccc(C(=O)O)c(NC(=O)c3cccc(C)c3C)c2)c1. The topological polar surface area (TPSA) is 75.6 Å².